The third-order valence-corrected chi connectivity index (χ3v) is 6.85. The van der Waals surface area contributed by atoms with Gasteiger partial charge >= 0.3 is 11.9 Å². The van der Waals surface area contributed by atoms with E-state index >= 15 is 0 Å². The summed E-state index contributed by atoms with van der Waals surface area (Å²) in [5, 5.41) is 37.2. The summed E-state index contributed by atoms with van der Waals surface area (Å²) < 4.78 is 0. The molecule has 0 fully saturated rings. The highest BCUT2D eigenvalue weighted by atomic mass is 32.2. The van der Waals surface area contributed by atoms with E-state index in [1.807, 2.05) is 0 Å². The van der Waals surface area contributed by atoms with E-state index in [2.05, 4.69) is 31.3 Å². The third kappa shape index (κ3) is 18.4. The van der Waals surface area contributed by atoms with Crippen molar-refractivity contribution in [1.29, 1.82) is 0 Å². The molecule has 21 heteroatoms. The molecule has 0 aliphatic carbocycles. The zero-order chi connectivity index (χ0) is 35.2. The number of amides is 4. The molecule has 0 rings (SSSR count). The number of carboxylic acid groups (broad SMARTS) is 2. The van der Waals surface area contributed by atoms with Crippen LogP contribution in [0.2, 0.25) is 0 Å². The van der Waals surface area contributed by atoms with Gasteiger partial charge in [-0.3, -0.25) is 34.0 Å². The maximum atomic E-state index is 13.4. The van der Waals surface area contributed by atoms with Gasteiger partial charge in [-0.15, -0.1) is 0 Å². The number of rotatable bonds is 24. The van der Waals surface area contributed by atoms with Crippen molar-refractivity contribution in [3.05, 3.63) is 0 Å². The van der Waals surface area contributed by atoms with E-state index < -0.39 is 78.8 Å². The molecule has 0 heterocycles. The van der Waals surface area contributed by atoms with Crippen LogP contribution in [0.5, 0.6) is 0 Å². The van der Waals surface area contributed by atoms with Crippen LogP contribution >= 0.6 is 11.8 Å². The van der Waals surface area contributed by atoms with Crippen LogP contribution in [0.15, 0.2) is 9.98 Å². The highest BCUT2D eigenvalue weighted by Crippen LogP contribution is 2.07. The molecular formula is C25H47N11O9S. The molecule has 0 aromatic heterocycles. The Kier molecular flexibility index (Phi) is 20.8. The number of carboxylic acids is 2. The summed E-state index contributed by atoms with van der Waals surface area (Å²) >= 11 is 1.35. The molecule has 262 valence electrons. The monoisotopic (exact) mass is 677 g/mol. The first kappa shape index (κ1) is 41.6. The molecule has 5 atom stereocenters. The molecule has 5 unspecified atom stereocenters. The predicted octanol–water partition coefficient (Wildman–Crippen LogP) is -4.95. The lowest BCUT2D eigenvalue weighted by atomic mass is 10.1. The van der Waals surface area contributed by atoms with Gasteiger partial charge in [0.15, 0.2) is 11.9 Å². The van der Waals surface area contributed by atoms with Gasteiger partial charge in [0.05, 0.1) is 12.6 Å². The predicted molar refractivity (Wildman–Crippen MR) is 170 cm³/mol. The molecule has 0 saturated carbocycles. The van der Waals surface area contributed by atoms with Gasteiger partial charge in [-0.25, -0.2) is 4.79 Å². The van der Waals surface area contributed by atoms with E-state index in [1.54, 1.807) is 6.26 Å². The first-order chi connectivity index (χ1) is 21.6. The van der Waals surface area contributed by atoms with Crippen molar-refractivity contribution < 1.29 is 44.1 Å². The van der Waals surface area contributed by atoms with Crippen molar-refractivity contribution in [1.82, 2.24) is 21.3 Å². The molecule has 46 heavy (non-hydrogen) atoms. The number of hydrogen-bond donors (Lipinski definition) is 12. The number of aliphatic hydroxyl groups excluding tert-OH is 1. The Morgan fingerprint density at radius 1 is 0.674 bits per heavy atom. The van der Waals surface area contributed by atoms with E-state index in [0.29, 0.717) is 12.2 Å². The first-order valence-corrected chi connectivity index (χ1v) is 15.6. The van der Waals surface area contributed by atoms with Gasteiger partial charge in [-0.05, 0) is 50.5 Å². The van der Waals surface area contributed by atoms with E-state index in [-0.39, 0.29) is 57.1 Å². The van der Waals surface area contributed by atoms with Crippen molar-refractivity contribution in [2.75, 3.05) is 31.7 Å². The summed E-state index contributed by atoms with van der Waals surface area (Å²) in [4.78, 5) is 82.4. The van der Waals surface area contributed by atoms with Gasteiger partial charge in [0.2, 0.25) is 23.6 Å². The van der Waals surface area contributed by atoms with Gasteiger partial charge in [-0.2, -0.15) is 11.8 Å². The van der Waals surface area contributed by atoms with Crippen molar-refractivity contribution in [3.8, 4) is 0 Å². The Bertz CT molecular complexity index is 1090. The number of guanidine groups is 2. The van der Waals surface area contributed by atoms with Crippen LogP contribution in [0.4, 0.5) is 0 Å². The highest BCUT2D eigenvalue weighted by molar-refractivity contribution is 7.98. The summed E-state index contributed by atoms with van der Waals surface area (Å²) in [7, 11) is 0. The number of aliphatic imine (C=N–C) groups is 2. The van der Waals surface area contributed by atoms with Crippen LogP contribution in [0.25, 0.3) is 0 Å². The summed E-state index contributed by atoms with van der Waals surface area (Å²) in [6.07, 6.45) is 1.58. The Labute approximate surface area is 270 Å². The molecule has 0 aromatic carbocycles. The molecule has 0 saturated heterocycles. The normalized spacial score (nSPS) is 13.9. The van der Waals surface area contributed by atoms with Gasteiger partial charge in [0, 0.05) is 19.5 Å². The van der Waals surface area contributed by atoms with E-state index in [1.165, 1.54) is 11.8 Å². The lowest BCUT2D eigenvalue weighted by Crippen LogP contribution is -2.58. The number of aliphatic carboxylic acids is 2. The first-order valence-electron chi connectivity index (χ1n) is 14.2. The average molecular weight is 678 g/mol. The fourth-order valence-electron chi connectivity index (χ4n) is 3.75. The molecule has 0 bridgehead atoms. The van der Waals surface area contributed by atoms with Crippen LogP contribution in [-0.2, 0) is 28.8 Å². The fraction of sp³-hybridized carbons (Fsp3) is 0.680. The Balaban J connectivity index is 5.95. The van der Waals surface area contributed by atoms with E-state index in [4.69, 9.17) is 28.7 Å². The van der Waals surface area contributed by atoms with E-state index in [0.717, 1.165) is 0 Å². The van der Waals surface area contributed by atoms with E-state index in [9.17, 15) is 44.1 Å². The van der Waals surface area contributed by atoms with Crippen molar-refractivity contribution in [2.45, 2.75) is 75.2 Å². The Morgan fingerprint density at radius 3 is 1.54 bits per heavy atom. The molecule has 0 aliphatic heterocycles. The molecule has 0 spiro atoms. The van der Waals surface area contributed by atoms with Crippen LogP contribution in [0, 0.1) is 0 Å². The number of hydrogen-bond acceptors (Lipinski definition) is 11. The minimum absolute atomic E-state index is 0.0521. The minimum atomic E-state index is -1.62. The summed E-state index contributed by atoms with van der Waals surface area (Å²) in [6, 6.07) is -6.68. The number of nitrogens with zero attached hydrogens (tertiary/aromatic N) is 2. The Morgan fingerprint density at radius 2 is 1.11 bits per heavy atom. The zero-order valence-corrected chi connectivity index (χ0v) is 26.5. The van der Waals surface area contributed by atoms with Crippen LogP contribution in [-0.4, -0.2) is 125 Å². The smallest absolute Gasteiger partial charge is 0.328 e. The van der Waals surface area contributed by atoms with Crippen LogP contribution in [0.1, 0.15) is 44.9 Å². The average Bonchev–Trinajstić information content (AvgIpc) is 2.98. The van der Waals surface area contributed by atoms with Crippen molar-refractivity contribution in [3.63, 3.8) is 0 Å². The standard InChI is InChI=1S/C25H47N11O9S/c1-46-11-8-16(22(43)36-17(12-37)23(44)45)35-20(41)14(5-3-10-32-25(29)30)34-21(42)15(6-7-18(38)39)33-19(40)13(26)4-2-9-31-24(27)28/h13-17,37H,2-12,26H2,1H3,(H,33,40)(H,34,42)(H,35,41)(H,36,43)(H,38,39)(H,44,45)(H4,27,28,31)(H4,29,30,32). The second-order valence-electron chi connectivity index (χ2n) is 9.98. The Hall–Kier alpha value is -4.37. The number of aliphatic hydroxyl groups is 1. The summed E-state index contributed by atoms with van der Waals surface area (Å²) in [6.45, 7) is -0.615. The maximum absolute atomic E-state index is 13.4. The summed E-state index contributed by atoms with van der Waals surface area (Å²) in [5.74, 6) is -6.07. The number of carbonyl (C=O) groups is 6. The molecule has 0 aromatic rings. The topological polar surface area (TPSA) is 366 Å². The van der Waals surface area contributed by atoms with Gasteiger partial charge in [0.25, 0.3) is 0 Å². The molecule has 4 amide bonds. The number of nitrogens with two attached hydrogens (primary N) is 5. The molecule has 0 aliphatic rings. The van der Waals surface area contributed by atoms with Crippen LogP contribution < -0.4 is 49.9 Å². The highest BCUT2D eigenvalue weighted by Gasteiger charge is 2.31. The SMILES string of the molecule is CSCCC(NC(=O)C(CCCN=C(N)N)NC(=O)C(CCC(=O)O)NC(=O)C(N)CCCN=C(N)N)C(=O)NC(CO)C(=O)O. The molecule has 20 nitrogen and oxygen atoms in total. The molecule has 17 N–H and O–H groups in total. The van der Waals surface area contributed by atoms with Crippen molar-refractivity contribution >= 4 is 59.2 Å². The number of nitrogens with one attached hydrogen (secondary N) is 4. The fourth-order valence-corrected chi connectivity index (χ4v) is 4.22. The zero-order valence-electron chi connectivity index (χ0n) is 25.6. The summed E-state index contributed by atoms with van der Waals surface area (Å²) in [5.41, 5.74) is 27.1. The lowest BCUT2D eigenvalue weighted by Gasteiger charge is -2.26. The minimum Gasteiger partial charge on any atom is -0.481 e. The van der Waals surface area contributed by atoms with Crippen molar-refractivity contribution in [2.24, 2.45) is 38.7 Å². The molecule has 0 radical (unpaired) electrons. The van der Waals surface area contributed by atoms with Gasteiger partial charge in [-0.1, -0.05) is 0 Å². The third-order valence-electron chi connectivity index (χ3n) is 6.20. The largest absolute Gasteiger partial charge is 0.481 e. The molecular weight excluding hydrogens is 630 g/mol. The van der Waals surface area contributed by atoms with Crippen LogP contribution in [0.3, 0.4) is 0 Å². The van der Waals surface area contributed by atoms with Gasteiger partial charge in [0.1, 0.15) is 24.2 Å². The quantitative estimate of drug-likeness (QED) is 0.0259. The number of thioether (sulfide) groups is 1. The number of carbonyl (C=O) groups excluding carboxylic acids is 4. The second kappa shape index (κ2) is 23.0. The lowest BCUT2D eigenvalue weighted by molar-refractivity contribution is -0.143. The maximum Gasteiger partial charge on any atom is 0.328 e. The van der Waals surface area contributed by atoms with Gasteiger partial charge < -0.3 is 65.3 Å². The second-order valence-corrected chi connectivity index (χ2v) is 11.0.